The van der Waals surface area contributed by atoms with Gasteiger partial charge in [-0.2, -0.15) is 5.10 Å². The molecule has 24 heavy (non-hydrogen) atoms. The molecule has 0 aliphatic carbocycles. The summed E-state index contributed by atoms with van der Waals surface area (Å²) in [6.07, 6.45) is 1.45. The van der Waals surface area contributed by atoms with Gasteiger partial charge in [-0.05, 0) is 36.4 Å². The van der Waals surface area contributed by atoms with E-state index >= 15 is 0 Å². The van der Waals surface area contributed by atoms with Gasteiger partial charge in [0.1, 0.15) is 12.1 Å². The van der Waals surface area contributed by atoms with E-state index in [2.05, 4.69) is 20.5 Å². The number of H-pyrrole nitrogens is 1. The SMILES string of the molecule is COc1ccc(SCC(=O)Nc2cccc(-c3ncn[nH]3)c2)cc1. The Morgan fingerprint density at radius 1 is 1.25 bits per heavy atom. The predicted octanol–water partition coefficient (Wildman–Crippen LogP) is 3.21. The van der Waals surface area contributed by atoms with Crippen LogP contribution in [0.5, 0.6) is 5.75 Å². The molecule has 0 fully saturated rings. The van der Waals surface area contributed by atoms with Crippen molar-refractivity contribution >= 4 is 23.4 Å². The van der Waals surface area contributed by atoms with Crippen molar-refractivity contribution in [2.24, 2.45) is 0 Å². The standard InChI is InChI=1S/C17H16N4O2S/c1-23-14-5-7-15(8-6-14)24-10-16(22)20-13-4-2-3-12(9-13)17-18-11-19-21-17/h2-9,11H,10H2,1H3,(H,20,22)(H,18,19,21). The maximum absolute atomic E-state index is 12.1. The van der Waals surface area contributed by atoms with E-state index in [-0.39, 0.29) is 5.91 Å². The van der Waals surface area contributed by atoms with Crippen LogP contribution in [-0.2, 0) is 4.79 Å². The summed E-state index contributed by atoms with van der Waals surface area (Å²) in [4.78, 5) is 17.2. The zero-order chi connectivity index (χ0) is 16.8. The Bertz CT molecular complexity index is 804. The van der Waals surface area contributed by atoms with Gasteiger partial charge in [0.2, 0.25) is 5.91 Å². The molecule has 2 N–H and O–H groups in total. The third kappa shape index (κ3) is 4.14. The second kappa shape index (κ2) is 7.65. The second-order valence-corrected chi connectivity index (χ2v) is 5.98. The zero-order valence-electron chi connectivity index (χ0n) is 13.0. The van der Waals surface area contributed by atoms with Crippen LogP contribution in [-0.4, -0.2) is 34.0 Å². The molecule has 1 amide bonds. The quantitative estimate of drug-likeness (QED) is 0.674. The molecular weight excluding hydrogens is 324 g/mol. The maximum atomic E-state index is 12.1. The van der Waals surface area contributed by atoms with Crippen molar-refractivity contribution in [1.29, 1.82) is 0 Å². The van der Waals surface area contributed by atoms with Gasteiger partial charge in [-0.25, -0.2) is 4.98 Å². The number of aromatic nitrogens is 3. The molecule has 0 saturated heterocycles. The molecule has 1 aromatic heterocycles. The Morgan fingerprint density at radius 3 is 2.79 bits per heavy atom. The highest BCUT2D eigenvalue weighted by molar-refractivity contribution is 8.00. The van der Waals surface area contributed by atoms with Crippen LogP contribution in [0.1, 0.15) is 0 Å². The van der Waals surface area contributed by atoms with Crippen molar-refractivity contribution in [1.82, 2.24) is 15.2 Å². The molecule has 0 spiro atoms. The average molecular weight is 340 g/mol. The Labute approximate surface area is 143 Å². The Balaban J connectivity index is 1.57. The van der Waals surface area contributed by atoms with Gasteiger partial charge in [0.15, 0.2) is 5.82 Å². The van der Waals surface area contributed by atoms with Crippen LogP contribution in [0.2, 0.25) is 0 Å². The first-order valence-electron chi connectivity index (χ1n) is 7.27. The number of carbonyl (C=O) groups excluding carboxylic acids is 1. The molecule has 122 valence electrons. The molecule has 0 bridgehead atoms. The van der Waals surface area contributed by atoms with Gasteiger partial charge in [0, 0.05) is 16.1 Å². The summed E-state index contributed by atoms with van der Waals surface area (Å²) in [5.74, 6) is 1.73. The van der Waals surface area contributed by atoms with E-state index in [4.69, 9.17) is 4.74 Å². The highest BCUT2D eigenvalue weighted by atomic mass is 32.2. The van der Waals surface area contributed by atoms with Gasteiger partial charge < -0.3 is 10.1 Å². The molecule has 2 aromatic carbocycles. The molecule has 1 heterocycles. The summed E-state index contributed by atoms with van der Waals surface area (Å²) in [5, 5.41) is 9.52. The van der Waals surface area contributed by atoms with E-state index in [1.165, 1.54) is 18.1 Å². The summed E-state index contributed by atoms with van der Waals surface area (Å²) in [7, 11) is 1.63. The number of rotatable bonds is 6. The van der Waals surface area contributed by atoms with E-state index in [1.54, 1.807) is 7.11 Å². The van der Waals surface area contributed by atoms with Crippen LogP contribution in [0.3, 0.4) is 0 Å². The van der Waals surface area contributed by atoms with Crippen molar-refractivity contribution in [3.05, 3.63) is 54.9 Å². The van der Waals surface area contributed by atoms with Gasteiger partial charge in [-0.1, -0.05) is 12.1 Å². The molecule has 7 heteroatoms. The van der Waals surface area contributed by atoms with Crippen molar-refractivity contribution in [2.45, 2.75) is 4.90 Å². The summed E-state index contributed by atoms with van der Waals surface area (Å²) in [6, 6.07) is 15.1. The number of methoxy groups -OCH3 is 1. The number of benzene rings is 2. The van der Waals surface area contributed by atoms with E-state index in [9.17, 15) is 4.79 Å². The van der Waals surface area contributed by atoms with Crippen molar-refractivity contribution in [3.8, 4) is 17.1 Å². The molecule has 0 unspecified atom stereocenters. The molecule has 0 aliphatic heterocycles. The first kappa shape index (κ1) is 16.1. The number of amides is 1. The lowest BCUT2D eigenvalue weighted by atomic mass is 10.2. The first-order valence-corrected chi connectivity index (χ1v) is 8.25. The van der Waals surface area contributed by atoms with Gasteiger partial charge >= 0.3 is 0 Å². The number of thioether (sulfide) groups is 1. The zero-order valence-corrected chi connectivity index (χ0v) is 13.8. The van der Waals surface area contributed by atoms with Gasteiger partial charge in [-0.3, -0.25) is 9.89 Å². The highest BCUT2D eigenvalue weighted by Crippen LogP contribution is 2.22. The Kier molecular flexibility index (Phi) is 5.12. The van der Waals surface area contributed by atoms with Crippen molar-refractivity contribution < 1.29 is 9.53 Å². The number of hydrogen-bond acceptors (Lipinski definition) is 5. The average Bonchev–Trinajstić information content (AvgIpc) is 3.15. The minimum absolute atomic E-state index is 0.0643. The topological polar surface area (TPSA) is 79.9 Å². The number of hydrogen-bond donors (Lipinski definition) is 2. The summed E-state index contributed by atoms with van der Waals surface area (Å²) in [5.41, 5.74) is 1.59. The van der Waals surface area contributed by atoms with Crippen LogP contribution in [0.4, 0.5) is 5.69 Å². The largest absolute Gasteiger partial charge is 0.497 e. The van der Waals surface area contributed by atoms with Crippen LogP contribution in [0.15, 0.2) is 59.8 Å². The molecule has 3 aromatic rings. The summed E-state index contributed by atoms with van der Waals surface area (Å²) < 4.78 is 5.11. The smallest absolute Gasteiger partial charge is 0.234 e. The molecule has 3 rings (SSSR count). The number of ether oxygens (including phenoxy) is 1. The predicted molar refractivity (Wildman–Crippen MR) is 94.2 cm³/mol. The van der Waals surface area contributed by atoms with Crippen LogP contribution >= 0.6 is 11.8 Å². The summed E-state index contributed by atoms with van der Waals surface area (Å²) >= 11 is 1.47. The minimum atomic E-state index is -0.0643. The number of nitrogens with one attached hydrogen (secondary N) is 2. The van der Waals surface area contributed by atoms with E-state index in [1.807, 2.05) is 48.5 Å². The number of aromatic amines is 1. The minimum Gasteiger partial charge on any atom is -0.497 e. The van der Waals surface area contributed by atoms with Gasteiger partial charge in [0.25, 0.3) is 0 Å². The third-order valence-electron chi connectivity index (χ3n) is 3.26. The molecule has 0 atom stereocenters. The number of nitrogens with zero attached hydrogens (tertiary/aromatic N) is 2. The Hall–Kier alpha value is -2.80. The lowest BCUT2D eigenvalue weighted by Crippen LogP contribution is -2.13. The monoisotopic (exact) mass is 340 g/mol. The highest BCUT2D eigenvalue weighted by Gasteiger charge is 2.06. The normalized spacial score (nSPS) is 10.4. The number of carbonyl (C=O) groups is 1. The van der Waals surface area contributed by atoms with Crippen molar-refractivity contribution in [2.75, 3.05) is 18.2 Å². The molecule has 0 aliphatic rings. The van der Waals surface area contributed by atoms with Crippen LogP contribution in [0.25, 0.3) is 11.4 Å². The van der Waals surface area contributed by atoms with Gasteiger partial charge in [-0.15, -0.1) is 11.8 Å². The fourth-order valence-corrected chi connectivity index (χ4v) is 2.81. The maximum Gasteiger partial charge on any atom is 0.234 e. The molecule has 0 saturated carbocycles. The summed E-state index contributed by atoms with van der Waals surface area (Å²) in [6.45, 7) is 0. The Morgan fingerprint density at radius 2 is 2.08 bits per heavy atom. The van der Waals surface area contributed by atoms with E-state index in [0.717, 1.165) is 21.9 Å². The second-order valence-electron chi connectivity index (χ2n) is 4.93. The number of anilines is 1. The molecule has 0 radical (unpaired) electrons. The third-order valence-corrected chi connectivity index (χ3v) is 4.28. The first-order chi connectivity index (χ1) is 11.7. The van der Waals surface area contributed by atoms with Crippen LogP contribution < -0.4 is 10.1 Å². The lowest BCUT2D eigenvalue weighted by Gasteiger charge is -2.07. The molecule has 6 nitrogen and oxygen atoms in total. The van der Waals surface area contributed by atoms with E-state index < -0.39 is 0 Å². The van der Waals surface area contributed by atoms with Gasteiger partial charge in [0.05, 0.1) is 12.9 Å². The molecular formula is C17H16N4O2S. The van der Waals surface area contributed by atoms with Crippen molar-refractivity contribution in [3.63, 3.8) is 0 Å². The van der Waals surface area contributed by atoms with Crippen LogP contribution in [0, 0.1) is 0 Å². The lowest BCUT2D eigenvalue weighted by molar-refractivity contribution is -0.113. The fraction of sp³-hybridized carbons (Fsp3) is 0.118. The fourth-order valence-electron chi connectivity index (χ4n) is 2.11. The van der Waals surface area contributed by atoms with E-state index in [0.29, 0.717) is 11.6 Å².